The highest BCUT2D eigenvalue weighted by molar-refractivity contribution is 5.69. The molecule has 0 aliphatic heterocycles. The Morgan fingerprint density at radius 1 is 0.833 bits per heavy atom. The fourth-order valence-electron chi connectivity index (χ4n) is 4.50. The van der Waals surface area contributed by atoms with Crippen molar-refractivity contribution in [2.45, 2.75) is 97.1 Å². The number of carbonyl (C=O) groups excluding carboxylic acids is 1. The Bertz CT molecular complexity index is 849. The Balaban J connectivity index is 1.72. The summed E-state index contributed by atoms with van der Waals surface area (Å²) < 4.78 is 12.7. The topological polar surface area (TPSA) is 35.5 Å². The van der Waals surface area contributed by atoms with E-state index in [1.165, 1.54) is 62.5 Å². The van der Waals surface area contributed by atoms with E-state index in [4.69, 9.17) is 9.47 Å². The molecule has 0 aliphatic rings. The molecular formula is C32H50NO3+. The highest BCUT2D eigenvalue weighted by Crippen LogP contribution is 2.23. The fourth-order valence-corrected chi connectivity index (χ4v) is 4.50. The van der Waals surface area contributed by atoms with E-state index in [2.05, 4.69) is 64.3 Å². The van der Waals surface area contributed by atoms with Crippen LogP contribution < -0.4 is 4.74 Å². The third-order valence-corrected chi connectivity index (χ3v) is 6.83. The number of rotatable bonds is 19. The molecule has 0 saturated carbocycles. The van der Waals surface area contributed by atoms with Crippen molar-refractivity contribution >= 4 is 5.97 Å². The number of para-hydroxylation sites is 1. The van der Waals surface area contributed by atoms with Crippen LogP contribution in [0.1, 0.15) is 89.2 Å². The highest BCUT2D eigenvalue weighted by Gasteiger charge is 2.20. The zero-order valence-electron chi connectivity index (χ0n) is 23.3. The normalized spacial score (nSPS) is 12.3. The Morgan fingerprint density at radius 2 is 1.47 bits per heavy atom. The third-order valence-electron chi connectivity index (χ3n) is 6.83. The lowest BCUT2D eigenvalue weighted by Crippen LogP contribution is -2.40. The molecule has 0 spiro atoms. The summed E-state index contributed by atoms with van der Waals surface area (Å²) in [5, 5.41) is 0. The molecule has 200 valence electrons. The van der Waals surface area contributed by atoms with E-state index in [1.54, 1.807) is 0 Å². The first kappa shape index (κ1) is 29.9. The summed E-state index contributed by atoms with van der Waals surface area (Å²) in [4.78, 5) is 12.5. The number of hydrogen-bond acceptors (Lipinski definition) is 3. The van der Waals surface area contributed by atoms with Gasteiger partial charge in [-0.2, -0.15) is 0 Å². The van der Waals surface area contributed by atoms with Crippen molar-refractivity contribution < 1.29 is 18.8 Å². The van der Waals surface area contributed by atoms with Gasteiger partial charge in [-0.1, -0.05) is 107 Å². The van der Waals surface area contributed by atoms with Crippen molar-refractivity contribution in [3.63, 3.8) is 0 Å². The lowest BCUT2D eigenvalue weighted by Gasteiger charge is -2.29. The molecule has 1 unspecified atom stereocenters. The average molecular weight is 497 g/mol. The standard InChI is InChI=1S/C32H50NO3/c1-5-7-8-9-10-11-12-16-21-29-22-17-18-23-31(29)36-30(6-2)27-35-32(34)24-25-33(3,4)26-28-19-14-13-15-20-28/h13-15,17-20,22-23,30H,5-12,16,21,24-27H2,1-4H3/q+1. The number of aryl methyl sites for hydroxylation is 1. The number of ether oxygens (including phenoxy) is 2. The first-order chi connectivity index (χ1) is 17.4. The number of hydrogen-bond donors (Lipinski definition) is 0. The van der Waals surface area contributed by atoms with Gasteiger partial charge in [0, 0.05) is 5.56 Å². The molecule has 0 saturated heterocycles. The summed E-state index contributed by atoms with van der Waals surface area (Å²) in [6.07, 6.45) is 12.7. The molecule has 4 nitrogen and oxygen atoms in total. The zero-order chi connectivity index (χ0) is 26.1. The number of benzene rings is 2. The highest BCUT2D eigenvalue weighted by atomic mass is 16.6. The first-order valence-corrected chi connectivity index (χ1v) is 14.2. The van der Waals surface area contributed by atoms with E-state index >= 15 is 0 Å². The summed E-state index contributed by atoms with van der Waals surface area (Å²) in [6.45, 7) is 6.28. The Morgan fingerprint density at radius 3 is 2.17 bits per heavy atom. The molecule has 2 aromatic carbocycles. The summed E-state index contributed by atoms with van der Waals surface area (Å²) in [7, 11) is 4.31. The minimum absolute atomic E-state index is 0.125. The molecule has 2 rings (SSSR count). The second-order valence-electron chi connectivity index (χ2n) is 10.7. The lowest BCUT2D eigenvalue weighted by atomic mass is 10.0. The van der Waals surface area contributed by atoms with Crippen LogP contribution in [0.4, 0.5) is 0 Å². The van der Waals surface area contributed by atoms with Crippen LogP contribution in [0.3, 0.4) is 0 Å². The van der Waals surface area contributed by atoms with E-state index in [0.29, 0.717) is 13.0 Å². The largest absolute Gasteiger partial charge is 0.487 e. The van der Waals surface area contributed by atoms with Crippen molar-refractivity contribution in [1.82, 2.24) is 0 Å². The van der Waals surface area contributed by atoms with Crippen molar-refractivity contribution in [2.75, 3.05) is 27.2 Å². The monoisotopic (exact) mass is 496 g/mol. The van der Waals surface area contributed by atoms with E-state index < -0.39 is 0 Å². The maximum atomic E-state index is 12.5. The van der Waals surface area contributed by atoms with E-state index in [-0.39, 0.29) is 12.1 Å². The molecule has 0 heterocycles. The van der Waals surface area contributed by atoms with Gasteiger partial charge >= 0.3 is 5.97 Å². The van der Waals surface area contributed by atoms with Crippen molar-refractivity contribution in [3.05, 3.63) is 65.7 Å². The Kier molecular flexibility index (Phi) is 14.3. The number of unbranched alkanes of at least 4 members (excludes halogenated alkanes) is 7. The van der Waals surface area contributed by atoms with E-state index in [9.17, 15) is 4.79 Å². The van der Waals surface area contributed by atoms with Crippen LogP contribution in [0, 0.1) is 0 Å². The number of quaternary nitrogens is 1. The van der Waals surface area contributed by atoms with Gasteiger partial charge in [0.05, 0.1) is 27.1 Å². The quantitative estimate of drug-likeness (QED) is 0.113. The minimum atomic E-state index is -0.150. The molecule has 0 bridgehead atoms. The molecule has 0 aliphatic carbocycles. The van der Waals surface area contributed by atoms with Gasteiger partial charge in [-0.05, 0) is 30.9 Å². The number of esters is 1. The Labute approximate surface area is 220 Å². The van der Waals surface area contributed by atoms with E-state index in [0.717, 1.165) is 36.2 Å². The van der Waals surface area contributed by atoms with Gasteiger partial charge in [-0.15, -0.1) is 0 Å². The lowest BCUT2D eigenvalue weighted by molar-refractivity contribution is -0.903. The molecule has 36 heavy (non-hydrogen) atoms. The zero-order valence-corrected chi connectivity index (χ0v) is 23.3. The second-order valence-corrected chi connectivity index (χ2v) is 10.7. The maximum absolute atomic E-state index is 12.5. The smallest absolute Gasteiger partial charge is 0.311 e. The van der Waals surface area contributed by atoms with Crippen LogP contribution in [0.2, 0.25) is 0 Å². The fraction of sp³-hybridized carbons (Fsp3) is 0.594. The molecule has 4 heteroatoms. The van der Waals surface area contributed by atoms with Gasteiger partial charge in [-0.25, -0.2) is 0 Å². The van der Waals surface area contributed by atoms with Gasteiger partial charge < -0.3 is 14.0 Å². The van der Waals surface area contributed by atoms with Gasteiger partial charge in [0.1, 0.15) is 25.0 Å². The first-order valence-electron chi connectivity index (χ1n) is 14.2. The Hall–Kier alpha value is -2.33. The van der Waals surface area contributed by atoms with Gasteiger partial charge in [0.25, 0.3) is 0 Å². The van der Waals surface area contributed by atoms with Crippen LogP contribution in [0.5, 0.6) is 5.75 Å². The summed E-state index contributed by atoms with van der Waals surface area (Å²) in [5.41, 5.74) is 2.54. The molecule has 0 fully saturated rings. The third kappa shape index (κ3) is 12.6. The van der Waals surface area contributed by atoms with Crippen LogP contribution >= 0.6 is 0 Å². The SMILES string of the molecule is CCCCCCCCCCc1ccccc1OC(CC)COC(=O)CC[N+](C)(C)Cc1ccccc1. The molecule has 0 radical (unpaired) electrons. The maximum Gasteiger partial charge on any atom is 0.311 e. The van der Waals surface area contributed by atoms with Crippen molar-refractivity contribution in [1.29, 1.82) is 0 Å². The van der Waals surface area contributed by atoms with Gasteiger partial charge in [-0.3, -0.25) is 4.79 Å². The number of carbonyl (C=O) groups is 1. The predicted octanol–water partition coefficient (Wildman–Crippen LogP) is 7.74. The minimum Gasteiger partial charge on any atom is -0.487 e. The van der Waals surface area contributed by atoms with E-state index in [1.807, 2.05) is 18.2 Å². The van der Waals surface area contributed by atoms with Crippen LogP contribution in [-0.4, -0.2) is 43.8 Å². The predicted molar refractivity (Wildman–Crippen MR) is 150 cm³/mol. The summed E-state index contributed by atoms with van der Waals surface area (Å²) >= 11 is 0. The molecule has 0 N–H and O–H groups in total. The molecule has 0 amide bonds. The van der Waals surface area contributed by atoms with Crippen LogP contribution in [0.25, 0.3) is 0 Å². The summed E-state index contributed by atoms with van der Waals surface area (Å²) in [5.74, 6) is 0.785. The summed E-state index contributed by atoms with van der Waals surface area (Å²) in [6, 6.07) is 18.7. The molecule has 1 atom stereocenters. The number of nitrogens with zero attached hydrogens (tertiary/aromatic N) is 1. The van der Waals surface area contributed by atoms with Crippen molar-refractivity contribution in [2.24, 2.45) is 0 Å². The van der Waals surface area contributed by atoms with Gasteiger partial charge in [0.2, 0.25) is 0 Å². The van der Waals surface area contributed by atoms with Crippen molar-refractivity contribution in [3.8, 4) is 5.75 Å². The molecular weight excluding hydrogens is 446 g/mol. The molecule has 0 aromatic heterocycles. The average Bonchev–Trinajstić information content (AvgIpc) is 2.88. The second kappa shape index (κ2) is 17.2. The van der Waals surface area contributed by atoms with Gasteiger partial charge in [0.15, 0.2) is 0 Å². The van der Waals surface area contributed by atoms with Crippen LogP contribution in [-0.2, 0) is 22.5 Å². The molecule has 2 aromatic rings. The van der Waals surface area contributed by atoms with Crippen LogP contribution in [0.15, 0.2) is 54.6 Å².